The van der Waals surface area contributed by atoms with Crippen LogP contribution in [0.4, 0.5) is 0 Å². The van der Waals surface area contributed by atoms with E-state index < -0.39 is 0 Å². The molecule has 1 unspecified atom stereocenters. The maximum atomic E-state index is 12.0. The second-order valence-corrected chi connectivity index (χ2v) is 5.69. The molecule has 1 aliphatic rings. The minimum atomic E-state index is 0.280. The minimum absolute atomic E-state index is 0.280. The Hall–Kier alpha value is -0.0500. The summed E-state index contributed by atoms with van der Waals surface area (Å²) in [6, 6.07) is 0. The van der Waals surface area contributed by atoms with E-state index in [0.717, 1.165) is 24.7 Å². The summed E-state index contributed by atoms with van der Waals surface area (Å²) in [4.78, 5) is 12.0. The Labute approximate surface area is 108 Å². The van der Waals surface area contributed by atoms with Crippen molar-refractivity contribution in [3.63, 3.8) is 0 Å². The number of nitrogens with one attached hydrogen (secondary N) is 1. The average molecular weight is 290 g/mol. The van der Waals surface area contributed by atoms with Gasteiger partial charge in [0, 0.05) is 17.8 Å². The van der Waals surface area contributed by atoms with E-state index in [0.29, 0.717) is 5.92 Å². The number of rotatable bonds is 4. The Kier molecular flexibility index (Phi) is 7.10. The molecule has 0 radical (unpaired) electrons. The van der Waals surface area contributed by atoms with Crippen LogP contribution in [-0.2, 0) is 4.79 Å². The van der Waals surface area contributed by atoms with Gasteiger partial charge in [-0.05, 0) is 18.8 Å². The molecular formula is C13H24BrNO. The smallest absolute Gasteiger partial charge is 0.223 e. The summed E-state index contributed by atoms with van der Waals surface area (Å²) in [6.07, 6.45) is 8.61. The molecule has 1 fully saturated rings. The standard InChI is InChI=1S/C13H24BrNO/c1-11(9-14)10-15-13(16)12-7-5-3-2-4-6-8-12/h11-12H,2-10H2,1H3,(H,15,16). The van der Waals surface area contributed by atoms with Gasteiger partial charge >= 0.3 is 0 Å². The van der Waals surface area contributed by atoms with Crippen molar-refractivity contribution in [2.45, 2.75) is 51.9 Å². The summed E-state index contributed by atoms with van der Waals surface area (Å²) < 4.78 is 0. The molecule has 1 aliphatic carbocycles. The zero-order chi connectivity index (χ0) is 11.8. The number of carbonyl (C=O) groups excluding carboxylic acids is 1. The Morgan fingerprint density at radius 1 is 1.25 bits per heavy atom. The molecular weight excluding hydrogens is 266 g/mol. The largest absolute Gasteiger partial charge is 0.356 e. The van der Waals surface area contributed by atoms with Gasteiger partial charge in [0.15, 0.2) is 0 Å². The number of hydrogen-bond acceptors (Lipinski definition) is 1. The molecule has 0 aliphatic heterocycles. The number of amides is 1. The molecule has 0 aromatic rings. The fourth-order valence-electron chi connectivity index (χ4n) is 2.19. The van der Waals surface area contributed by atoms with Gasteiger partial charge in [-0.25, -0.2) is 0 Å². The predicted molar refractivity (Wildman–Crippen MR) is 71.8 cm³/mol. The quantitative estimate of drug-likeness (QED) is 0.789. The van der Waals surface area contributed by atoms with Gasteiger partial charge in [0.1, 0.15) is 0 Å². The first-order chi connectivity index (χ1) is 7.74. The van der Waals surface area contributed by atoms with Gasteiger partial charge in [-0.3, -0.25) is 4.79 Å². The molecule has 2 nitrogen and oxygen atoms in total. The van der Waals surface area contributed by atoms with E-state index in [2.05, 4.69) is 28.2 Å². The van der Waals surface area contributed by atoms with Crippen molar-refractivity contribution in [3.05, 3.63) is 0 Å². The molecule has 0 heterocycles. The summed E-state index contributed by atoms with van der Waals surface area (Å²) in [5.74, 6) is 1.09. The van der Waals surface area contributed by atoms with E-state index in [4.69, 9.17) is 0 Å². The molecule has 1 rings (SSSR count). The van der Waals surface area contributed by atoms with Gasteiger partial charge < -0.3 is 5.32 Å². The molecule has 0 spiro atoms. The van der Waals surface area contributed by atoms with Gasteiger partial charge in [-0.1, -0.05) is 55.0 Å². The molecule has 0 aromatic heterocycles. The van der Waals surface area contributed by atoms with Crippen molar-refractivity contribution < 1.29 is 4.79 Å². The van der Waals surface area contributed by atoms with Crippen molar-refractivity contribution in [3.8, 4) is 0 Å². The molecule has 1 saturated carbocycles. The van der Waals surface area contributed by atoms with Crippen LogP contribution in [0.3, 0.4) is 0 Å². The number of alkyl halides is 1. The molecule has 0 saturated heterocycles. The Bertz CT molecular complexity index is 200. The zero-order valence-corrected chi connectivity index (χ0v) is 11.9. The fraction of sp³-hybridized carbons (Fsp3) is 0.923. The van der Waals surface area contributed by atoms with Gasteiger partial charge in [-0.15, -0.1) is 0 Å². The van der Waals surface area contributed by atoms with E-state index in [1.54, 1.807) is 0 Å². The molecule has 1 N–H and O–H groups in total. The van der Waals surface area contributed by atoms with Crippen LogP contribution in [0.25, 0.3) is 0 Å². The summed E-state index contributed by atoms with van der Waals surface area (Å²) in [5.41, 5.74) is 0. The van der Waals surface area contributed by atoms with Crippen molar-refractivity contribution in [1.82, 2.24) is 5.32 Å². The lowest BCUT2D eigenvalue weighted by atomic mass is 9.90. The normalized spacial score (nSPS) is 20.9. The van der Waals surface area contributed by atoms with E-state index in [1.165, 1.54) is 32.1 Å². The average Bonchev–Trinajstić information content (AvgIpc) is 2.25. The van der Waals surface area contributed by atoms with Gasteiger partial charge in [-0.2, -0.15) is 0 Å². The van der Waals surface area contributed by atoms with Crippen LogP contribution >= 0.6 is 15.9 Å². The number of carbonyl (C=O) groups is 1. The monoisotopic (exact) mass is 289 g/mol. The maximum Gasteiger partial charge on any atom is 0.223 e. The maximum absolute atomic E-state index is 12.0. The first kappa shape index (κ1) is 14.0. The van der Waals surface area contributed by atoms with Crippen molar-refractivity contribution in [1.29, 1.82) is 0 Å². The molecule has 0 bridgehead atoms. The van der Waals surface area contributed by atoms with E-state index in [-0.39, 0.29) is 11.8 Å². The molecule has 1 atom stereocenters. The first-order valence-corrected chi connectivity index (χ1v) is 7.70. The molecule has 94 valence electrons. The molecule has 16 heavy (non-hydrogen) atoms. The Morgan fingerprint density at radius 2 is 1.81 bits per heavy atom. The second kappa shape index (κ2) is 8.10. The predicted octanol–water partition coefficient (Wildman–Crippen LogP) is 3.49. The first-order valence-electron chi connectivity index (χ1n) is 6.57. The van der Waals surface area contributed by atoms with Crippen LogP contribution in [0.15, 0.2) is 0 Å². The highest BCUT2D eigenvalue weighted by molar-refractivity contribution is 9.09. The highest BCUT2D eigenvalue weighted by atomic mass is 79.9. The second-order valence-electron chi connectivity index (χ2n) is 5.05. The van der Waals surface area contributed by atoms with Crippen LogP contribution in [0.1, 0.15) is 51.9 Å². The molecule has 3 heteroatoms. The molecule has 1 amide bonds. The van der Waals surface area contributed by atoms with Gasteiger partial charge in [0.2, 0.25) is 5.91 Å². The number of hydrogen-bond donors (Lipinski definition) is 1. The molecule has 0 aromatic carbocycles. The van der Waals surface area contributed by atoms with Gasteiger partial charge in [0.25, 0.3) is 0 Å². The summed E-state index contributed by atoms with van der Waals surface area (Å²) in [5, 5.41) is 4.04. The van der Waals surface area contributed by atoms with E-state index in [9.17, 15) is 4.79 Å². The lowest BCUT2D eigenvalue weighted by Gasteiger charge is -2.20. The van der Waals surface area contributed by atoms with Crippen LogP contribution < -0.4 is 5.32 Å². The SMILES string of the molecule is CC(CBr)CNC(=O)C1CCCCCCC1. The van der Waals surface area contributed by atoms with E-state index in [1.807, 2.05) is 0 Å². The van der Waals surface area contributed by atoms with Crippen molar-refractivity contribution in [2.24, 2.45) is 11.8 Å². The van der Waals surface area contributed by atoms with Crippen LogP contribution in [0, 0.1) is 11.8 Å². The third-order valence-corrected chi connectivity index (χ3v) is 4.47. The lowest BCUT2D eigenvalue weighted by Crippen LogP contribution is -2.34. The van der Waals surface area contributed by atoms with Crippen LogP contribution in [0.5, 0.6) is 0 Å². The Morgan fingerprint density at radius 3 is 2.38 bits per heavy atom. The lowest BCUT2D eigenvalue weighted by molar-refractivity contribution is -0.125. The number of halogens is 1. The van der Waals surface area contributed by atoms with Crippen molar-refractivity contribution in [2.75, 3.05) is 11.9 Å². The highest BCUT2D eigenvalue weighted by Crippen LogP contribution is 2.22. The summed E-state index contributed by atoms with van der Waals surface area (Å²) in [6.45, 7) is 2.95. The summed E-state index contributed by atoms with van der Waals surface area (Å²) >= 11 is 3.43. The third-order valence-electron chi connectivity index (χ3n) is 3.36. The van der Waals surface area contributed by atoms with Crippen molar-refractivity contribution >= 4 is 21.8 Å². The zero-order valence-electron chi connectivity index (χ0n) is 10.3. The summed E-state index contributed by atoms with van der Waals surface area (Å²) in [7, 11) is 0. The topological polar surface area (TPSA) is 29.1 Å². The minimum Gasteiger partial charge on any atom is -0.356 e. The van der Waals surface area contributed by atoms with E-state index >= 15 is 0 Å². The Balaban J connectivity index is 2.27. The van der Waals surface area contributed by atoms with Crippen LogP contribution in [-0.4, -0.2) is 17.8 Å². The third kappa shape index (κ3) is 5.33. The van der Waals surface area contributed by atoms with Crippen LogP contribution in [0.2, 0.25) is 0 Å². The fourth-order valence-corrected chi connectivity index (χ4v) is 2.42. The van der Waals surface area contributed by atoms with Gasteiger partial charge in [0.05, 0.1) is 0 Å². The highest BCUT2D eigenvalue weighted by Gasteiger charge is 2.19.